The third-order valence-corrected chi connectivity index (χ3v) is 2.95. The summed E-state index contributed by atoms with van der Waals surface area (Å²) in [6.45, 7) is 0. The quantitative estimate of drug-likeness (QED) is 0.917. The van der Waals surface area contributed by atoms with Crippen LogP contribution in [-0.2, 0) is 0 Å². The fraction of sp³-hybridized carbons (Fsp3) is 0.200. The van der Waals surface area contributed by atoms with Crippen molar-refractivity contribution in [3.8, 4) is 11.5 Å². The first kappa shape index (κ1) is 18.1. The SMILES string of the molecule is COc1ccccc1[C@@H](N)c1ccc(OC(F)(F)F)cc1.Cl. The molecule has 0 unspecified atom stereocenters. The third-order valence-electron chi connectivity index (χ3n) is 2.95. The number of benzene rings is 2. The predicted molar refractivity (Wildman–Crippen MR) is 79.4 cm³/mol. The Morgan fingerprint density at radius 2 is 1.59 bits per heavy atom. The van der Waals surface area contributed by atoms with Gasteiger partial charge in [-0.3, -0.25) is 0 Å². The summed E-state index contributed by atoms with van der Waals surface area (Å²) in [6.07, 6.45) is -4.70. The van der Waals surface area contributed by atoms with Crippen LogP contribution in [0.4, 0.5) is 13.2 Å². The molecule has 0 aliphatic carbocycles. The van der Waals surface area contributed by atoms with Gasteiger partial charge in [-0.15, -0.1) is 25.6 Å². The second-order valence-electron chi connectivity index (χ2n) is 4.34. The molecule has 0 heterocycles. The fourth-order valence-corrected chi connectivity index (χ4v) is 1.98. The van der Waals surface area contributed by atoms with E-state index in [9.17, 15) is 13.2 Å². The molecule has 2 aromatic rings. The van der Waals surface area contributed by atoms with Crippen LogP contribution >= 0.6 is 12.4 Å². The number of alkyl halides is 3. The molecule has 0 saturated carbocycles. The van der Waals surface area contributed by atoms with Crippen molar-refractivity contribution < 1.29 is 22.6 Å². The van der Waals surface area contributed by atoms with Crippen LogP contribution in [0.25, 0.3) is 0 Å². The number of hydrogen-bond donors (Lipinski definition) is 1. The van der Waals surface area contributed by atoms with E-state index >= 15 is 0 Å². The molecular formula is C15H15ClF3NO2. The van der Waals surface area contributed by atoms with Crippen LogP contribution in [0, 0.1) is 0 Å². The second-order valence-corrected chi connectivity index (χ2v) is 4.34. The molecule has 0 aromatic heterocycles. The van der Waals surface area contributed by atoms with Gasteiger partial charge in [-0.25, -0.2) is 0 Å². The maximum absolute atomic E-state index is 12.1. The van der Waals surface area contributed by atoms with Gasteiger partial charge in [0.05, 0.1) is 13.2 Å². The first-order valence-electron chi connectivity index (χ1n) is 6.15. The number of hydrogen-bond acceptors (Lipinski definition) is 3. The lowest BCUT2D eigenvalue weighted by Crippen LogP contribution is -2.17. The summed E-state index contributed by atoms with van der Waals surface area (Å²) in [4.78, 5) is 0. The van der Waals surface area contributed by atoms with E-state index in [0.717, 1.165) is 5.56 Å². The van der Waals surface area contributed by atoms with Gasteiger partial charge in [0.25, 0.3) is 0 Å². The van der Waals surface area contributed by atoms with E-state index < -0.39 is 12.4 Å². The molecule has 2 aromatic carbocycles. The Morgan fingerprint density at radius 1 is 1.00 bits per heavy atom. The van der Waals surface area contributed by atoms with Crippen molar-refractivity contribution in [2.45, 2.75) is 12.4 Å². The normalized spacial score (nSPS) is 12.2. The molecular weight excluding hydrogens is 319 g/mol. The van der Waals surface area contributed by atoms with Crippen molar-refractivity contribution in [2.24, 2.45) is 5.73 Å². The van der Waals surface area contributed by atoms with E-state index in [4.69, 9.17) is 10.5 Å². The minimum atomic E-state index is -4.70. The molecule has 0 bridgehead atoms. The van der Waals surface area contributed by atoms with Gasteiger partial charge in [-0.1, -0.05) is 30.3 Å². The molecule has 0 saturated heterocycles. The second kappa shape index (κ2) is 7.38. The summed E-state index contributed by atoms with van der Waals surface area (Å²) in [5.74, 6) is 0.346. The third kappa shape index (κ3) is 4.54. The van der Waals surface area contributed by atoms with Gasteiger partial charge in [0.15, 0.2) is 0 Å². The highest BCUT2D eigenvalue weighted by Gasteiger charge is 2.31. The van der Waals surface area contributed by atoms with Crippen molar-refractivity contribution in [1.82, 2.24) is 0 Å². The van der Waals surface area contributed by atoms with Crippen molar-refractivity contribution in [3.05, 3.63) is 59.7 Å². The van der Waals surface area contributed by atoms with Gasteiger partial charge in [-0.05, 0) is 23.8 Å². The number of methoxy groups -OCH3 is 1. The summed E-state index contributed by atoms with van der Waals surface area (Å²) < 4.78 is 45.3. The van der Waals surface area contributed by atoms with E-state index in [1.807, 2.05) is 18.2 Å². The largest absolute Gasteiger partial charge is 0.573 e. The van der Waals surface area contributed by atoms with Crippen LogP contribution in [0.5, 0.6) is 11.5 Å². The van der Waals surface area contributed by atoms with Crippen molar-refractivity contribution in [2.75, 3.05) is 7.11 Å². The molecule has 2 rings (SSSR count). The molecule has 2 N–H and O–H groups in total. The van der Waals surface area contributed by atoms with Crippen LogP contribution in [0.2, 0.25) is 0 Å². The zero-order chi connectivity index (χ0) is 15.5. The average Bonchev–Trinajstić information content (AvgIpc) is 2.45. The van der Waals surface area contributed by atoms with Crippen LogP contribution < -0.4 is 15.2 Å². The number of rotatable bonds is 4. The van der Waals surface area contributed by atoms with Crippen LogP contribution in [0.1, 0.15) is 17.2 Å². The highest BCUT2D eigenvalue weighted by atomic mass is 35.5. The Morgan fingerprint density at radius 3 is 2.14 bits per heavy atom. The fourth-order valence-electron chi connectivity index (χ4n) is 1.98. The molecule has 0 fully saturated rings. The molecule has 1 atom stereocenters. The molecule has 0 amide bonds. The van der Waals surface area contributed by atoms with Crippen molar-refractivity contribution >= 4 is 12.4 Å². The van der Waals surface area contributed by atoms with E-state index in [1.54, 1.807) is 6.07 Å². The maximum Gasteiger partial charge on any atom is 0.573 e. The molecule has 120 valence electrons. The van der Waals surface area contributed by atoms with Gasteiger partial charge in [0.2, 0.25) is 0 Å². The maximum atomic E-state index is 12.1. The van der Waals surface area contributed by atoms with Gasteiger partial charge in [0.1, 0.15) is 11.5 Å². The van der Waals surface area contributed by atoms with E-state index in [-0.39, 0.29) is 18.2 Å². The standard InChI is InChI=1S/C15H14F3NO2.ClH/c1-20-13-5-3-2-4-12(13)14(19)10-6-8-11(9-7-10)21-15(16,17)18;/h2-9,14H,19H2,1H3;1H/t14-;/m0./s1. The minimum Gasteiger partial charge on any atom is -0.496 e. The first-order valence-corrected chi connectivity index (χ1v) is 6.15. The Balaban J connectivity index is 0.00000242. The van der Waals surface area contributed by atoms with E-state index in [2.05, 4.69) is 4.74 Å². The zero-order valence-electron chi connectivity index (χ0n) is 11.6. The smallest absolute Gasteiger partial charge is 0.496 e. The lowest BCUT2D eigenvalue weighted by atomic mass is 9.99. The number of para-hydroxylation sites is 1. The molecule has 22 heavy (non-hydrogen) atoms. The number of nitrogens with two attached hydrogens (primary N) is 1. The number of halogens is 4. The van der Waals surface area contributed by atoms with Crippen LogP contribution in [0.3, 0.4) is 0 Å². The Kier molecular flexibility index (Phi) is 6.08. The molecule has 0 radical (unpaired) electrons. The average molecular weight is 334 g/mol. The van der Waals surface area contributed by atoms with E-state index in [0.29, 0.717) is 11.3 Å². The lowest BCUT2D eigenvalue weighted by Gasteiger charge is -2.16. The summed E-state index contributed by atoms with van der Waals surface area (Å²) in [5.41, 5.74) is 7.54. The van der Waals surface area contributed by atoms with Crippen LogP contribution in [-0.4, -0.2) is 13.5 Å². The summed E-state index contributed by atoms with van der Waals surface area (Å²) in [6, 6.07) is 12.2. The van der Waals surface area contributed by atoms with E-state index in [1.165, 1.54) is 31.4 Å². The Labute approximate surface area is 132 Å². The lowest BCUT2D eigenvalue weighted by molar-refractivity contribution is -0.274. The highest BCUT2D eigenvalue weighted by molar-refractivity contribution is 5.85. The van der Waals surface area contributed by atoms with Gasteiger partial charge in [-0.2, -0.15) is 0 Å². The van der Waals surface area contributed by atoms with Gasteiger partial charge >= 0.3 is 6.36 Å². The molecule has 0 spiro atoms. The Bertz CT molecular complexity index is 602. The van der Waals surface area contributed by atoms with Gasteiger partial charge in [0, 0.05) is 5.56 Å². The summed E-state index contributed by atoms with van der Waals surface area (Å²) >= 11 is 0. The summed E-state index contributed by atoms with van der Waals surface area (Å²) in [7, 11) is 1.53. The summed E-state index contributed by atoms with van der Waals surface area (Å²) in [5, 5.41) is 0. The highest BCUT2D eigenvalue weighted by Crippen LogP contribution is 2.30. The molecule has 0 aliphatic heterocycles. The van der Waals surface area contributed by atoms with Crippen molar-refractivity contribution in [3.63, 3.8) is 0 Å². The minimum absolute atomic E-state index is 0. The topological polar surface area (TPSA) is 44.5 Å². The molecule has 3 nitrogen and oxygen atoms in total. The van der Waals surface area contributed by atoms with Crippen LogP contribution in [0.15, 0.2) is 48.5 Å². The monoisotopic (exact) mass is 333 g/mol. The first-order chi connectivity index (χ1) is 9.90. The molecule has 7 heteroatoms. The Hall–Kier alpha value is -1.92. The van der Waals surface area contributed by atoms with Crippen molar-refractivity contribution in [1.29, 1.82) is 0 Å². The molecule has 0 aliphatic rings. The number of ether oxygens (including phenoxy) is 2. The zero-order valence-corrected chi connectivity index (χ0v) is 12.4. The van der Waals surface area contributed by atoms with Gasteiger partial charge < -0.3 is 15.2 Å². The predicted octanol–water partition coefficient (Wildman–Crippen LogP) is 4.06.